The number of urea groups is 1. The summed E-state index contributed by atoms with van der Waals surface area (Å²) < 4.78 is 37.9. The highest BCUT2D eigenvalue weighted by molar-refractivity contribution is 5.91. The molecule has 0 radical (unpaired) electrons. The number of rotatable bonds is 12. The van der Waals surface area contributed by atoms with E-state index in [-0.39, 0.29) is 17.1 Å². The molecule has 2 N–H and O–H groups in total. The average molecular weight is 619 g/mol. The number of methoxy groups -OCH3 is 1. The summed E-state index contributed by atoms with van der Waals surface area (Å²) in [6.07, 6.45) is 3.72. The number of nitrogens with one attached hydrogen (secondary N) is 2. The molecule has 0 saturated carbocycles. The van der Waals surface area contributed by atoms with E-state index in [0.717, 1.165) is 45.3 Å². The molecule has 0 bridgehead atoms. The second-order valence-electron chi connectivity index (χ2n) is 9.91. The summed E-state index contributed by atoms with van der Waals surface area (Å²) in [6, 6.07) is 14.0. The van der Waals surface area contributed by atoms with Gasteiger partial charge in [0.15, 0.2) is 23.1 Å². The van der Waals surface area contributed by atoms with E-state index in [0.29, 0.717) is 40.3 Å². The molecule has 1 aliphatic heterocycles. The number of anilines is 1. The number of non-ortho nitro benzene ring substituents is 1. The van der Waals surface area contributed by atoms with Crippen molar-refractivity contribution in [2.75, 3.05) is 51.9 Å². The molecular formula is C31H31FN6O7. The molecule has 3 aromatic carbocycles. The van der Waals surface area contributed by atoms with Gasteiger partial charge in [-0.1, -0.05) is 0 Å². The fourth-order valence-electron chi connectivity index (χ4n) is 4.57. The first-order valence-corrected chi connectivity index (χ1v) is 14.1. The number of amides is 2. The Hall–Kier alpha value is -5.34. The second kappa shape index (κ2) is 14.9. The third-order valence-electron chi connectivity index (χ3n) is 6.86. The van der Waals surface area contributed by atoms with Crippen LogP contribution in [0.15, 0.2) is 72.0 Å². The van der Waals surface area contributed by atoms with Crippen molar-refractivity contribution >= 4 is 34.5 Å². The van der Waals surface area contributed by atoms with Crippen LogP contribution in [0.2, 0.25) is 0 Å². The Balaban J connectivity index is 1.19. The van der Waals surface area contributed by atoms with Crippen LogP contribution in [-0.4, -0.2) is 73.6 Å². The Morgan fingerprint density at radius 3 is 2.62 bits per heavy atom. The molecule has 1 aromatic heterocycles. The summed E-state index contributed by atoms with van der Waals surface area (Å²) in [4.78, 5) is 29.2. The van der Waals surface area contributed by atoms with Crippen LogP contribution in [-0.2, 0) is 4.74 Å². The first-order valence-electron chi connectivity index (χ1n) is 14.1. The Labute approximate surface area is 257 Å². The topological polar surface area (TPSA) is 150 Å². The SMILES string of the molecule is COc1cc2c(Oc3ccc(NC(=O)N/N=C/c4ccc([N+](=O)[O-])cc4)cc3F)ccnc2cc1OCCCN1CCOCC1. The molecule has 2 amide bonds. The predicted molar refractivity (Wildman–Crippen MR) is 165 cm³/mol. The van der Waals surface area contributed by atoms with Crippen LogP contribution in [0.5, 0.6) is 23.0 Å². The lowest BCUT2D eigenvalue weighted by Gasteiger charge is -2.26. The number of nitrogens with zero attached hydrogens (tertiary/aromatic N) is 4. The van der Waals surface area contributed by atoms with Crippen LogP contribution >= 0.6 is 0 Å². The number of nitro groups is 1. The summed E-state index contributed by atoms with van der Waals surface area (Å²) >= 11 is 0. The van der Waals surface area contributed by atoms with E-state index < -0.39 is 16.8 Å². The van der Waals surface area contributed by atoms with Crippen LogP contribution in [0, 0.1) is 15.9 Å². The van der Waals surface area contributed by atoms with Crippen molar-refractivity contribution in [3.8, 4) is 23.0 Å². The number of hydrogen-bond acceptors (Lipinski definition) is 10. The molecule has 0 aliphatic carbocycles. The van der Waals surface area contributed by atoms with Crippen molar-refractivity contribution in [1.29, 1.82) is 0 Å². The van der Waals surface area contributed by atoms with Crippen LogP contribution in [0.4, 0.5) is 20.6 Å². The van der Waals surface area contributed by atoms with Crippen molar-refractivity contribution in [2.24, 2.45) is 5.10 Å². The van der Waals surface area contributed by atoms with Crippen molar-refractivity contribution in [2.45, 2.75) is 6.42 Å². The fraction of sp³-hybridized carbons (Fsp3) is 0.258. The lowest BCUT2D eigenvalue weighted by molar-refractivity contribution is -0.384. The minimum absolute atomic E-state index is 0.0610. The molecule has 0 atom stereocenters. The molecule has 1 aliphatic rings. The third kappa shape index (κ3) is 8.40. The van der Waals surface area contributed by atoms with Crippen molar-refractivity contribution in [1.82, 2.24) is 15.3 Å². The monoisotopic (exact) mass is 618 g/mol. The normalized spacial score (nSPS) is 13.5. The number of morpholine rings is 1. The highest BCUT2D eigenvalue weighted by Gasteiger charge is 2.15. The first-order chi connectivity index (χ1) is 21.9. The van der Waals surface area contributed by atoms with E-state index in [1.54, 1.807) is 31.5 Å². The number of carbonyl (C=O) groups is 1. The zero-order valence-corrected chi connectivity index (χ0v) is 24.4. The lowest BCUT2D eigenvalue weighted by atomic mass is 10.1. The van der Waals surface area contributed by atoms with E-state index in [4.69, 9.17) is 18.9 Å². The fourth-order valence-corrected chi connectivity index (χ4v) is 4.57. The Morgan fingerprint density at radius 1 is 1.09 bits per heavy atom. The predicted octanol–water partition coefficient (Wildman–Crippen LogP) is 5.34. The van der Waals surface area contributed by atoms with Crippen molar-refractivity contribution < 1.29 is 33.1 Å². The summed E-state index contributed by atoms with van der Waals surface area (Å²) in [7, 11) is 1.54. The molecule has 0 unspecified atom stereocenters. The number of carbonyl (C=O) groups excluding carboxylic acids is 1. The number of halogens is 1. The summed E-state index contributed by atoms with van der Waals surface area (Å²) in [5.41, 5.74) is 3.48. The largest absolute Gasteiger partial charge is 0.493 e. The van der Waals surface area contributed by atoms with Crippen LogP contribution in [0.3, 0.4) is 0 Å². The third-order valence-corrected chi connectivity index (χ3v) is 6.86. The molecule has 2 heterocycles. The smallest absolute Gasteiger partial charge is 0.339 e. The van der Waals surface area contributed by atoms with Gasteiger partial charge in [0.2, 0.25) is 0 Å². The minimum Gasteiger partial charge on any atom is -0.493 e. The number of fused-ring (bicyclic) bond motifs is 1. The minimum atomic E-state index is -0.715. The van der Waals surface area contributed by atoms with Gasteiger partial charge in [-0.3, -0.25) is 20.0 Å². The Bertz CT molecular complexity index is 1680. The zero-order chi connectivity index (χ0) is 31.6. The maximum Gasteiger partial charge on any atom is 0.339 e. The maximum absolute atomic E-state index is 15.0. The number of ether oxygens (including phenoxy) is 4. The van der Waals surface area contributed by atoms with E-state index >= 15 is 4.39 Å². The van der Waals surface area contributed by atoms with Gasteiger partial charge in [-0.2, -0.15) is 5.10 Å². The van der Waals surface area contributed by atoms with Gasteiger partial charge in [-0.25, -0.2) is 14.6 Å². The number of pyridine rings is 1. The second-order valence-corrected chi connectivity index (χ2v) is 9.91. The number of hydrazone groups is 1. The van der Waals surface area contributed by atoms with Gasteiger partial charge in [0.1, 0.15) is 5.75 Å². The first kappa shape index (κ1) is 31.1. The van der Waals surface area contributed by atoms with Crippen LogP contribution < -0.4 is 25.0 Å². The molecule has 14 heteroatoms. The Kier molecular flexibility index (Phi) is 10.3. The molecule has 1 fully saturated rings. The van der Waals surface area contributed by atoms with E-state index in [1.807, 2.05) is 0 Å². The average Bonchev–Trinajstić information content (AvgIpc) is 3.05. The van der Waals surface area contributed by atoms with Crippen molar-refractivity contribution in [3.05, 3.63) is 88.4 Å². The van der Waals surface area contributed by atoms with Crippen molar-refractivity contribution in [3.63, 3.8) is 0 Å². The standard InChI is InChI=1S/C31H31FN6O7/c1-42-29-18-24-26(19-30(29)44-14-2-11-37-12-15-43-16-13-37)33-10-9-27(24)45-28-8-5-22(17-25(28)32)35-31(39)36-34-20-21-3-6-23(7-4-21)38(40)41/h3-10,17-20H,2,11-16H2,1H3,(H2,35,36,39)/b34-20+. The van der Waals surface area contributed by atoms with Gasteiger partial charge in [-0.05, 0) is 48.4 Å². The summed E-state index contributed by atoms with van der Waals surface area (Å²) in [6.45, 7) is 4.77. The highest BCUT2D eigenvalue weighted by Crippen LogP contribution is 2.38. The van der Waals surface area contributed by atoms with Gasteiger partial charge < -0.3 is 24.3 Å². The molecule has 1 saturated heterocycles. The van der Waals surface area contributed by atoms with E-state index in [1.165, 1.54) is 42.6 Å². The molecule has 0 spiro atoms. The lowest BCUT2D eigenvalue weighted by Crippen LogP contribution is -2.37. The molecular weight excluding hydrogens is 587 g/mol. The van der Waals surface area contributed by atoms with E-state index in [9.17, 15) is 14.9 Å². The van der Waals surface area contributed by atoms with Gasteiger partial charge in [0.05, 0.1) is 43.6 Å². The zero-order valence-electron chi connectivity index (χ0n) is 24.4. The molecule has 13 nitrogen and oxygen atoms in total. The number of aromatic nitrogens is 1. The number of hydrogen-bond donors (Lipinski definition) is 2. The van der Waals surface area contributed by atoms with Gasteiger partial charge in [-0.15, -0.1) is 0 Å². The number of benzene rings is 3. The molecule has 45 heavy (non-hydrogen) atoms. The maximum atomic E-state index is 15.0. The summed E-state index contributed by atoms with van der Waals surface area (Å²) in [5, 5.41) is 17.6. The van der Waals surface area contributed by atoms with E-state index in [2.05, 4.69) is 25.7 Å². The number of nitro benzene ring substituents is 1. The van der Waals surface area contributed by atoms with Crippen LogP contribution in [0.1, 0.15) is 12.0 Å². The molecule has 4 aromatic rings. The summed E-state index contributed by atoms with van der Waals surface area (Å²) in [5.74, 6) is 0.629. The van der Waals surface area contributed by atoms with Gasteiger partial charge >= 0.3 is 6.03 Å². The molecule has 5 rings (SSSR count). The Morgan fingerprint density at radius 2 is 1.89 bits per heavy atom. The quantitative estimate of drug-likeness (QED) is 0.0928. The highest BCUT2D eigenvalue weighted by atomic mass is 19.1. The van der Waals surface area contributed by atoms with Crippen LogP contribution in [0.25, 0.3) is 10.9 Å². The van der Waals surface area contributed by atoms with Gasteiger partial charge in [0.25, 0.3) is 5.69 Å². The molecule has 234 valence electrons. The van der Waals surface area contributed by atoms with Gasteiger partial charge in [0, 0.05) is 61.2 Å².